The van der Waals surface area contributed by atoms with Crippen molar-refractivity contribution in [2.45, 2.75) is 51.5 Å². The Morgan fingerprint density at radius 3 is 2.40 bits per heavy atom. The maximum atomic E-state index is 13.9. The van der Waals surface area contributed by atoms with Crippen molar-refractivity contribution in [1.82, 2.24) is 19.4 Å². The van der Waals surface area contributed by atoms with Crippen molar-refractivity contribution in [3.8, 4) is 5.69 Å². The molecule has 0 saturated heterocycles. The average molecular weight is 479 g/mol. The van der Waals surface area contributed by atoms with Crippen LogP contribution in [0.2, 0.25) is 0 Å². The molecular formula is C28H35FN4O2. The molecule has 7 heteroatoms. The zero-order valence-electron chi connectivity index (χ0n) is 20.9. The number of likely N-dealkylation sites (N-methyl/N-ethyl adjacent to an activating group) is 1. The minimum absolute atomic E-state index is 0.00594. The number of benzene rings is 2. The van der Waals surface area contributed by atoms with Crippen LogP contribution >= 0.6 is 0 Å². The van der Waals surface area contributed by atoms with E-state index in [1.54, 1.807) is 22.8 Å². The molecule has 35 heavy (non-hydrogen) atoms. The Balaban J connectivity index is 1.88. The van der Waals surface area contributed by atoms with Gasteiger partial charge < -0.3 is 9.80 Å². The number of rotatable bonds is 8. The highest BCUT2D eigenvalue weighted by Crippen LogP contribution is 2.31. The molecule has 0 spiro atoms. The molecule has 1 unspecified atom stereocenters. The van der Waals surface area contributed by atoms with Gasteiger partial charge in [0.05, 0.1) is 22.6 Å². The van der Waals surface area contributed by atoms with Crippen LogP contribution in [-0.4, -0.2) is 52.4 Å². The van der Waals surface area contributed by atoms with Crippen LogP contribution in [-0.2, 0) is 4.79 Å². The largest absolute Gasteiger partial charge is 0.331 e. The van der Waals surface area contributed by atoms with Gasteiger partial charge in [-0.3, -0.25) is 14.2 Å². The highest BCUT2D eigenvalue weighted by atomic mass is 19.1. The lowest BCUT2D eigenvalue weighted by atomic mass is 9.87. The molecule has 1 aliphatic carbocycles. The van der Waals surface area contributed by atoms with Crippen LogP contribution < -0.4 is 5.56 Å². The fourth-order valence-corrected chi connectivity index (χ4v) is 5.07. The van der Waals surface area contributed by atoms with E-state index < -0.39 is 0 Å². The molecule has 0 N–H and O–H groups in total. The average Bonchev–Trinajstić information content (AvgIpc) is 2.87. The molecule has 6 nitrogen and oxygen atoms in total. The van der Waals surface area contributed by atoms with Crippen LogP contribution in [0.5, 0.6) is 0 Å². The van der Waals surface area contributed by atoms with Gasteiger partial charge in [-0.05, 0) is 69.8 Å². The van der Waals surface area contributed by atoms with Crippen molar-refractivity contribution in [2.24, 2.45) is 5.92 Å². The molecular weight excluding hydrogens is 443 g/mol. The van der Waals surface area contributed by atoms with E-state index in [1.807, 2.05) is 44.1 Å². The maximum Gasteiger partial charge on any atom is 0.266 e. The van der Waals surface area contributed by atoms with E-state index in [9.17, 15) is 14.0 Å². The van der Waals surface area contributed by atoms with Crippen molar-refractivity contribution in [1.29, 1.82) is 0 Å². The van der Waals surface area contributed by atoms with E-state index in [1.165, 1.54) is 18.6 Å². The Morgan fingerprint density at radius 2 is 1.74 bits per heavy atom. The molecule has 0 radical (unpaired) electrons. The number of hydrogen-bond donors (Lipinski definition) is 0. The van der Waals surface area contributed by atoms with E-state index >= 15 is 0 Å². The second kappa shape index (κ2) is 11.1. The summed E-state index contributed by atoms with van der Waals surface area (Å²) in [7, 11) is 3.99. The van der Waals surface area contributed by atoms with Crippen LogP contribution in [0.25, 0.3) is 16.6 Å². The summed E-state index contributed by atoms with van der Waals surface area (Å²) < 4.78 is 15.3. The summed E-state index contributed by atoms with van der Waals surface area (Å²) >= 11 is 0. The van der Waals surface area contributed by atoms with Crippen molar-refractivity contribution in [3.05, 3.63) is 70.5 Å². The summed E-state index contributed by atoms with van der Waals surface area (Å²) in [5, 5.41) is 0.494. The summed E-state index contributed by atoms with van der Waals surface area (Å²) in [5.74, 6) is 0.299. The number of halogens is 1. The first-order valence-corrected chi connectivity index (χ1v) is 12.6. The minimum atomic E-state index is -0.383. The van der Waals surface area contributed by atoms with Gasteiger partial charge >= 0.3 is 0 Å². The number of nitrogens with zero attached hydrogens (tertiary/aromatic N) is 4. The quantitative estimate of drug-likeness (QED) is 0.460. The first kappa shape index (κ1) is 25.0. The maximum absolute atomic E-state index is 13.9. The first-order chi connectivity index (χ1) is 16.9. The van der Waals surface area contributed by atoms with Crippen LogP contribution in [0, 0.1) is 11.7 Å². The van der Waals surface area contributed by atoms with Crippen LogP contribution in [0.3, 0.4) is 0 Å². The predicted molar refractivity (Wildman–Crippen MR) is 137 cm³/mol. The fraction of sp³-hybridized carbons (Fsp3) is 0.464. The standard InChI is InChI=1S/C28H35FN4O2/c1-4-25(32(19-18-31(2)3)27(34)20-10-6-5-7-11-20)26-30-24-13-9-8-12-23(24)28(35)33(26)22-16-14-21(29)15-17-22/h8-9,12-17,20,25H,4-7,10-11,18-19H2,1-3H3. The molecule has 1 saturated carbocycles. The van der Waals surface area contributed by atoms with E-state index in [4.69, 9.17) is 4.98 Å². The van der Waals surface area contributed by atoms with Gasteiger partial charge in [0, 0.05) is 19.0 Å². The number of hydrogen-bond acceptors (Lipinski definition) is 4. The summed E-state index contributed by atoms with van der Waals surface area (Å²) in [5.41, 5.74) is 0.927. The number of carbonyl (C=O) groups is 1. The van der Waals surface area contributed by atoms with Gasteiger partial charge in [0.1, 0.15) is 11.6 Å². The van der Waals surface area contributed by atoms with E-state index in [2.05, 4.69) is 4.90 Å². The normalized spacial score (nSPS) is 15.5. The first-order valence-electron chi connectivity index (χ1n) is 12.6. The Hall–Kier alpha value is -3.06. The Kier molecular flexibility index (Phi) is 7.96. The molecule has 1 heterocycles. The summed E-state index contributed by atoms with van der Waals surface area (Å²) in [6, 6.07) is 12.8. The third kappa shape index (κ3) is 5.45. The van der Waals surface area contributed by atoms with Crippen LogP contribution in [0.4, 0.5) is 4.39 Å². The lowest BCUT2D eigenvalue weighted by Gasteiger charge is -2.36. The molecule has 2 aromatic carbocycles. The van der Waals surface area contributed by atoms with Gasteiger partial charge in [-0.25, -0.2) is 9.37 Å². The minimum Gasteiger partial charge on any atom is -0.331 e. The molecule has 1 aromatic heterocycles. The topological polar surface area (TPSA) is 58.4 Å². The number of fused-ring (bicyclic) bond motifs is 1. The van der Waals surface area contributed by atoms with Crippen molar-refractivity contribution >= 4 is 16.8 Å². The number of amides is 1. The van der Waals surface area contributed by atoms with Gasteiger partial charge in [-0.2, -0.15) is 0 Å². The van der Waals surface area contributed by atoms with Crippen molar-refractivity contribution in [3.63, 3.8) is 0 Å². The van der Waals surface area contributed by atoms with Crippen LogP contribution in [0.15, 0.2) is 53.3 Å². The molecule has 1 atom stereocenters. The van der Waals surface area contributed by atoms with Gasteiger partial charge in [0.15, 0.2) is 0 Å². The summed E-state index contributed by atoms with van der Waals surface area (Å²) in [6.45, 7) is 3.29. The van der Waals surface area contributed by atoms with Gasteiger partial charge in [0.25, 0.3) is 5.56 Å². The Bertz CT molecular complexity index is 1220. The van der Waals surface area contributed by atoms with Crippen molar-refractivity contribution in [2.75, 3.05) is 27.2 Å². The second-order valence-corrected chi connectivity index (χ2v) is 9.70. The summed E-state index contributed by atoms with van der Waals surface area (Å²) in [6.07, 6.45) is 5.74. The van der Waals surface area contributed by atoms with Gasteiger partial charge in [-0.15, -0.1) is 0 Å². The highest BCUT2D eigenvalue weighted by molar-refractivity contribution is 5.80. The lowest BCUT2D eigenvalue weighted by Crippen LogP contribution is -2.44. The third-order valence-electron chi connectivity index (χ3n) is 6.97. The van der Waals surface area contributed by atoms with E-state index in [-0.39, 0.29) is 29.2 Å². The molecule has 0 aliphatic heterocycles. The monoisotopic (exact) mass is 478 g/mol. The SMILES string of the molecule is CCC(c1nc2ccccc2c(=O)n1-c1ccc(F)cc1)N(CCN(C)C)C(=O)C1CCCCC1. The predicted octanol–water partition coefficient (Wildman–Crippen LogP) is 4.95. The number of carbonyl (C=O) groups excluding carboxylic acids is 1. The molecule has 4 rings (SSSR count). The Morgan fingerprint density at radius 1 is 1.06 bits per heavy atom. The van der Waals surface area contributed by atoms with E-state index in [0.29, 0.717) is 41.9 Å². The second-order valence-electron chi connectivity index (χ2n) is 9.70. The molecule has 3 aromatic rings. The van der Waals surface area contributed by atoms with Crippen LogP contribution in [0.1, 0.15) is 57.3 Å². The third-order valence-corrected chi connectivity index (χ3v) is 6.97. The highest BCUT2D eigenvalue weighted by Gasteiger charge is 2.33. The zero-order valence-corrected chi connectivity index (χ0v) is 20.9. The molecule has 0 bridgehead atoms. The van der Waals surface area contributed by atoms with Gasteiger partial charge in [0.2, 0.25) is 5.91 Å². The summed E-state index contributed by atoms with van der Waals surface area (Å²) in [4.78, 5) is 36.5. The number of para-hydroxylation sites is 1. The molecule has 1 fully saturated rings. The van der Waals surface area contributed by atoms with E-state index in [0.717, 1.165) is 25.7 Å². The molecule has 1 aliphatic rings. The van der Waals surface area contributed by atoms with Crippen molar-refractivity contribution < 1.29 is 9.18 Å². The fourth-order valence-electron chi connectivity index (χ4n) is 5.07. The smallest absolute Gasteiger partial charge is 0.266 e. The molecule has 1 amide bonds. The number of aromatic nitrogens is 2. The molecule has 186 valence electrons. The zero-order chi connectivity index (χ0) is 24.9. The lowest BCUT2D eigenvalue weighted by molar-refractivity contribution is -0.139. The Labute approximate surface area is 206 Å². The van der Waals surface area contributed by atoms with Gasteiger partial charge in [-0.1, -0.05) is 38.3 Å².